The summed E-state index contributed by atoms with van der Waals surface area (Å²) in [5.41, 5.74) is 0.128. The van der Waals surface area contributed by atoms with Crippen molar-refractivity contribution in [2.45, 2.75) is 19.2 Å². The van der Waals surface area contributed by atoms with Gasteiger partial charge in [0, 0.05) is 10.6 Å². The number of carbonyl (C=O) groups excluding carboxylic acids is 1. The van der Waals surface area contributed by atoms with Crippen molar-refractivity contribution in [1.29, 1.82) is 0 Å². The maximum atomic E-state index is 12.9. The number of fused-ring (bicyclic) bond motifs is 1. The van der Waals surface area contributed by atoms with Gasteiger partial charge in [0.25, 0.3) is 11.2 Å². The summed E-state index contributed by atoms with van der Waals surface area (Å²) < 4.78 is 23.1. The standard InChI is InChI=1S/C12H14Cl2NO5P/c1-3-19-21(18,20-4-2)12(17)8-5-7(13)6-9(14)10(8)15-11(12)16/h5-6,17H,3-4H2,1-2H3,(H,15,16). The first-order valence-electron chi connectivity index (χ1n) is 6.22. The minimum atomic E-state index is -4.18. The predicted molar refractivity (Wildman–Crippen MR) is 79.8 cm³/mol. The van der Waals surface area contributed by atoms with Crippen molar-refractivity contribution in [1.82, 2.24) is 0 Å². The minimum Gasteiger partial charge on any atom is -0.366 e. The lowest BCUT2D eigenvalue weighted by Crippen LogP contribution is -2.35. The van der Waals surface area contributed by atoms with E-state index in [1.165, 1.54) is 12.1 Å². The first-order valence-corrected chi connectivity index (χ1v) is 8.52. The number of hydrogen-bond donors (Lipinski definition) is 2. The second-order valence-corrected chi connectivity index (χ2v) is 7.27. The molecule has 9 heteroatoms. The molecule has 0 spiro atoms. The average Bonchev–Trinajstić information content (AvgIpc) is 2.65. The van der Waals surface area contributed by atoms with Crippen LogP contribution in [0.4, 0.5) is 5.69 Å². The van der Waals surface area contributed by atoms with E-state index in [9.17, 15) is 14.5 Å². The van der Waals surface area contributed by atoms with Crippen molar-refractivity contribution < 1.29 is 23.5 Å². The van der Waals surface area contributed by atoms with E-state index in [1.807, 2.05) is 0 Å². The molecule has 116 valence electrons. The summed E-state index contributed by atoms with van der Waals surface area (Å²) in [6.45, 7) is 3.15. The second-order valence-electron chi connectivity index (χ2n) is 4.27. The summed E-state index contributed by atoms with van der Waals surface area (Å²) in [5.74, 6) is -0.924. The lowest BCUT2D eigenvalue weighted by atomic mass is 10.1. The first kappa shape index (κ1) is 16.7. The number of anilines is 1. The van der Waals surface area contributed by atoms with Crippen LogP contribution in [0.15, 0.2) is 12.1 Å². The lowest BCUT2D eigenvalue weighted by molar-refractivity contribution is -0.128. The van der Waals surface area contributed by atoms with E-state index in [0.717, 1.165) is 0 Å². The molecule has 0 aromatic heterocycles. The number of benzene rings is 1. The molecule has 0 saturated heterocycles. The SMILES string of the molecule is CCOP(=O)(OCC)C1(O)C(=O)Nc2c(Cl)cc(Cl)cc21. The number of hydrogen-bond acceptors (Lipinski definition) is 5. The molecule has 6 nitrogen and oxygen atoms in total. The Morgan fingerprint density at radius 3 is 2.38 bits per heavy atom. The van der Waals surface area contributed by atoms with Crippen molar-refractivity contribution in [3.63, 3.8) is 0 Å². The van der Waals surface area contributed by atoms with E-state index >= 15 is 0 Å². The van der Waals surface area contributed by atoms with E-state index in [2.05, 4.69) is 5.32 Å². The van der Waals surface area contributed by atoms with E-state index < -0.39 is 18.8 Å². The van der Waals surface area contributed by atoms with E-state index in [-0.39, 0.29) is 34.5 Å². The zero-order chi connectivity index (χ0) is 15.8. The third kappa shape index (κ3) is 2.50. The Kier molecular flexibility index (Phi) is 4.69. The van der Waals surface area contributed by atoms with E-state index in [0.29, 0.717) is 0 Å². The van der Waals surface area contributed by atoms with Crippen molar-refractivity contribution in [2.75, 3.05) is 18.5 Å². The number of nitrogens with one attached hydrogen (secondary N) is 1. The second kappa shape index (κ2) is 5.88. The highest BCUT2D eigenvalue weighted by molar-refractivity contribution is 7.56. The molecule has 2 rings (SSSR count). The maximum Gasteiger partial charge on any atom is 0.376 e. The molecular weight excluding hydrogens is 340 g/mol. The van der Waals surface area contributed by atoms with Crippen molar-refractivity contribution in [3.8, 4) is 0 Å². The molecule has 1 heterocycles. The van der Waals surface area contributed by atoms with Gasteiger partial charge in [-0.15, -0.1) is 0 Å². The van der Waals surface area contributed by atoms with E-state index in [1.54, 1.807) is 13.8 Å². The van der Waals surface area contributed by atoms with Crippen LogP contribution in [0.1, 0.15) is 19.4 Å². The van der Waals surface area contributed by atoms with Crippen LogP contribution in [0, 0.1) is 0 Å². The Morgan fingerprint density at radius 1 is 1.29 bits per heavy atom. The number of carbonyl (C=O) groups is 1. The molecule has 2 N–H and O–H groups in total. The fourth-order valence-electron chi connectivity index (χ4n) is 2.13. The summed E-state index contributed by atoms with van der Waals surface area (Å²) >= 11 is 11.9. The Hall–Kier alpha value is -0.620. The smallest absolute Gasteiger partial charge is 0.366 e. The van der Waals surface area contributed by atoms with Crippen LogP contribution in [-0.4, -0.2) is 24.2 Å². The molecule has 0 aliphatic carbocycles. The molecule has 0 fully saturated rings. The van der Waals surface area contributed by atoms with Gasteiger partial charge >= 0.3 is 7.60 Å². The molecule has 1 unspecified atom stereocenters. The molecule has 1 amide bonds. The summed E-state index contributed by atoms with van der Waals surface area (Å²) in [4.78, 5) is 12.2. The minimum absolute atomic E-state index is 0.00347. The molecule has 0 radical (unpaired) electrons. The van der Waals surface area contributed by atoms with Gasteiger partial charge in [0.1, 0.15) is 0 Å². The molecule has 0 saturated carbocycles. The topological polar surface area (TPSA) is 84.9 Å². The fraction of sp³-hybridized carbons (Fsp3) is 0.417. The Morgan fingerprint density at radius 2 is 1.86 bits per heavy atom. The average molecular weight is 354 g/mol. The maximum absolute atomic E-state index is 12.9. The van der Waals surface area contributed by atoms with Gasteiger partial charge in [0.05, 0.1) is 23.9 Å². The fourth-order valence-corrected chi connectivity index (χ4v) is 4.58. The van der Waals surface area contributed by atoms with Crippen molar-refractivity contribution in [3.05, 3.63) is 27.7 Å². The lowest BCUT2D eigenvalue weighted by Gasteiger charge is -2.29. The quantitative estimate of drug-likeness (QED) is 0.792. The molecule has 1 aromatic rings. The zero-order valence-electron chi connectivity index (χ0n) is 11.4. The highest BCUT2D eigenvalue weighted by Crippen LogP contribution is 2.67. The monoisotopic (exact) mass is 353 g/mol. The van der Waals surface area contributed by atoms with Crippen molar-refractivity contribution in [2.24, 2.45) is 0 Å². The van der Waals surface area contributed by atoms with Gasteiger partial charge in [0.15, 0.2) is 0 Å². The third-order valence-corrected chi connectivity index (χ3v) is 5.93. The highest BCUT2D eigenvalue weighted by atomic mass is 35.5. The van der Waals surface area contributed by atoms with Crippen LogP contribution in [0.2, 0.25) is 10.0 Å². The van der Waals surface area contributed by atoms with Crippen LogP contribution in [-0.2, 0) is 23.7 Å². The first-order chi connectivity index (χ1) is 9.80. The Labute approximate surface area is 131 Å². The molecule has 1 aliphatic rings. The van der Waals surface area contributed by atoms with Gasteiger partial charge in [-0.2, -0.15) is 0 Å². The molecular formula is C12H14Cl2NO5P. The van der Waals surface area contributed by atoms with Crippen LogP contribution in [0.3, 0.4) is 0 Å². The molecule has 1 aromatic carbocycles. The van der Waals surface area contributed by atoms with Gasteiger partial charge in [-0.25, -0.2) is 0 Å². The predicted octanol–water partition coefficient (Wildman–Crippen LogP) is 3.36. The molecule has 1 aliphatic heterocycles. The van der Waals surface area contributed by atoms with Gasteiger partial charge in [-0.05, 0) is 26.0 Å². The van der Waals surface area contributed by atoms with Crippen LogP contribution in [0.5, 0.6) is 0 Å². The highest BCUT2D eigenvalue weighted by Gasteiger charge is 2.62. The van der Waals surface area contributed by atoms with Gasteiger partial charge in [-0.1, -0.05) is 23.2 Å². The summed E-state index contributed by atoms with van der Waals surface area (Å²) in [5, 5.41) is 11.0. The number of halogens is 2. The molecule has 1 atom stereocenters. The largest absolute Gasteiger partial charge is 0.376 e. The summed E-state index contributed by atoms with van der Waals surface area (Å²) in [6.07, 6.45) is 0. The van der Waals surface area contributed by atoms with Crippen molar-refractivity contribution >= 4 is 42.4 Å². The number of rotatable bonds is 5. The van der Waals surface area contributed by atoms with Crippen LogP contribution in [0.25, 0.3) is 0 Å². The normalized spacial score (nSPS) is 21.3. The van der Waals surface area contributed by atoms with Gasteiger partial charge in [0.2, 0.25) is 0 Å². The Balaban J connectivity index is 2.68. The van der Waals surface area contributed by atoms with E-state index in [4.69, 9.17) is 32.2 Å². The number of amides is 1. The number of aliphatic hydroxyl groups is 1. The molecule has 21 heavy (non-hydrogen) atoms. The zero-order valence-corrected chi connectivity index (χ0v) is 13.8. The Bertz CT molecular complexity index is 628. The summed E-state index contributed by atoms with van der Waals surface area (Å²) in [7, 11) is -4.18. The summed E-state index contributed by atoms with van der Waals surface area (Å²) in [6, 6.07) is 2.71. The van der Waals surface area contributed by atoms with Gasteiger partial charge < -0.3 is 19.5 Å². The third-order valence-electron chi connectivity index (χ3n) is 2.98. The van der Waals surface area contributed by atoms with Gasteiger partial charge in [-0.3, -0.25) is 9.36 Å². The van der Waals surface area contributed by atoms with Crippen LogP contribution < -0.4 is 5.32 Å². The van der Waals surface area contributed by atoms with Crippen LogP contribution >= 0.6 is 30.8 Å². The molecule has 0 bridgehead atoms.